The van der Waals surface area contributed by atoms with Crippen molar-refractivity contribution in [3.05, 3.63) is 60.2 Å². The summed E-state index contributed by atoms with van der Waals surface area (Å²) in [5, 5.41) is 13.8. The van der Waals surface area contributed by atoms with E-state index in [1.165, 1.54) is 0 Å². The molecule has 0 bridgehead atoms. The zero-order chi connectivity index (χ0) is 14.4. The molecule has 0 aliphatic carbocycles. The summed E-state index contributed by atoms with van der Waals surface area (Å²) >= 11 is 0. The van der Waals surface area contributed by atoms with Crippen LogP contribution in [-0.4, -0.2) is 11.8 Å². The molecule has 0 saturated heterocycles. The molecule has 2 aromatic rings. The standard InChI is InChI=1S/C15H11N3O2/c16-10-11-6-4-5-9-13(11)18-15(20)14(19)17-12-7-2-1-3-8-12/h1-9H,(H,17,19)(H,18,20). The van der Waals surface area contributed by atoms with E-state index in [2.05, 4.69) is 10.6 Å². The molecule has 0 unspecified atom stereocenters. The van der Waals surface area contributed by atoms with Crippen molar-refractivity contribution in [1.29, 1.82) is 5.26 Å². The van der Waals surface area contributed by atoms with Crippen molar-refractivity contribution >= 4 is 23.2 Å². The summed E-state index contributed by atoms with van der Waals surface area (Å²) in [6, 6.07) is 17.1. The largest absolute Gasteiger partial charge is 0.318 e. The molecule has 0 radical (unpaired) electrons. The van der Waals surface area contributed by atoms with Crippen LogP contribution in [0.15, 0.2) is 54.6 Å². The Bertz CT molecular complexity index is 675. The molecule has 98 valence electrons. The van der Waals surface area contributed by atoms with Crippen LogP contribution in [0, 0.1) is 11.3 Å². The molecular weight excluding hydrogens is 254 g/mol. The topological polar surface area (TPSA) is 82.0 Å². The molecule has 5 heteroatoms. The number of amides is 2. The van der Waals surface area contributed by atoms with Crippen molar-refractivity contribution in [3.8, 4) is 6.07 Å². The van der Waals surface area contributed by atoms with Gasteiger partial charge in [0.1, 0.15) is 6.07 Å². The maximum absolute atomic E-state index is 11.8. The van der Waals surface area contributed by atoms with E-state index in [0.717, 1.165) is 0 Å². The number of nitrogens with zero attached hydrogens (tertiary/aromatic N) is 1. The zero-order valence-electron chi connectivity index (χ0n) is 10.5. The van der Waals surface area contributed by atoms with Crippen molar-refractivity contribution in [3.63, 3.8) is 0 Å². The van der Waals surface area contributed by atoms with Gasteiger partial charge in [0.15, 0.2) is 0 Å². The summed E-state index contributed by atoms with van der Waals surface area (Å²) in [6.07, 6.45) is 0. The number of carbonyl (C=O) groups excluding carboxylic acids is 2. The molecule has 0 aliphatic rings. The van der Waals surface area contributed by atoms with Gasteiger partial charge in [0.25, 0.3) is 0 Å². The van der Waals surface area contributed by atoms with Gasteiger partial charge >= 0.3 is 11.8 Å². The van der Waals surface area contributed by atoms with Crippen LogP contribution in [-0.2, 0) is 9.59 Å². The molecular formula is C15H11N3O2. The number of rotatable bonds is 2. The molecule has 0 heterocycles. The van der Waals surface area contributed by atoms with Crippen LogP contribution in [0.4, 0.5) is 11.4 Å². The monoisotopic (exact) mass is 265 g/mol. The molecule has 0 fully saturated rings. The lowest BCUT2D eigenvalue weighted by Crippen LogP contribution is -2.29. The number of nitriles is 1. The average Bonchev–Trinajstić information content (AvgIpc) is 2.48. The fourth-order valence-electron chi connectivity index (χ4n) is 1.58. The van der Waals surface area contributed by atoms with Gasteiger partial charge in [-0.1, -0.05) is 30.3 Å². The maximum Gasteiger partial charge on any atom is 0.314 e. The molecule has 2 amide bonds. The predicted molar refractivity (Wildman–Crippen MR) is 74.9 cm³/mol. The molecule has 20 heavy (non-hydrogen) atoms. The van der Waals surface area contributed by atoms with Crippen LogP contribution in [0.2, 0.25) is 0 Å². The Morgan fingerprint density at radius 3 is 2.15 bits per heavy atom. The highest BCUT2D eigenvalue weighted by Crippen LogP contribution is 2.13. The second-order valence-corrected chi connectivity index (χ2v) is 3.93. The fourth-order valence-corrected chi connectivity index (χ4v) is 1.58. The number of benzene rings is 2. The van der Waals surface area contributed by atoms with Gasteiger partial charge in [0.2, 0.25) is 0 Å². The van der Waals surface area contributed by atoms with Gasteiger partial charge < -0.3 is 10.6 Å². The smallest absolute Gasteiger partial charge is 0.314 e. The van der Waals surface area contributed by atoms with Gasteiger partial charge in [0.05, 0.1) is 11.3 Å². The van der Waals surface area contributed by atoms with E-state index in [0.29, 0.717) is 16.9 Å². The van der Waals surface area contributed by atoms with E-state index in [4.69, 9.17) is 5.26 Å². The summed E-state index contributed by atoms with van der Waals surface area (Å²) in [4.78, 5) is 23.5. The molecule has 0 aromatic heterocycles. The molecule has 5 nitrogen and oxygen atoms in total. The third-order valence-corrected chi connectivity index (χ3v) is 2.53. The van der Waals surface area contributed by atoms with Crippen LogP contribution < -0.4 is 10.6 Å². The minimum absolute atomic E-state index is 0.299. The van der Waals surface area contributed by atoms with Crippen LogP contribution in [0.5, 0.6) is 0 Å². The van der Waals surface area contributed by atoms with Crippen molar-refractivity contribution in [1.82, 2.24) is 0 Å². The second kappa shape index (κ2) is 6.16. The van der Waals surface area contributed by atoms with Crippen LogP contribution >= 0.6 is 0 Å². The van der Waals surface area contributed by atoms with E-state index in [-0.39, 0.29) is 0 Å². The highest BCUT2D eigenvalue weighted by atomic mass is 16.2. The summed E-state index contributed by atoms with van der Waals surface area (Å²) < 4.78 is 0. The molecule has 2 rings (SSSR count). The molecule has 0 saturated carbocycles. The second-order valence-electron chi connectivity index (χ2n) is 3.93. The number of hydrogen-bond acceptors (Lipinski definition) is 3. The molecule has 0 atom stereocenters. The zero-order valence-corrected chi connectivity index (χ0v) is 10.5. The van der Waals surface area contributed by atoms with Crippen molar-refractivity contribution < 1.29 is 9.59 Å². The number of anilines is 2. The van der Waals surface area contributed by atoms with Gasteiger partial charge in [-0.25, -0.2) is 0 Å². The molecule has 2 aromatic carbocycles. The minimum atomic E-state index is -0.823. The summed E-state index contributed by atoms with van der Waals surface area (Å²) in [5.41, 5.74) is 1.14. The number of hydrogen-bond donors (Lipinski definition) is 2. The first kappa shape index (κ1) is 13.3. The first-order valence-electron chi connectivity index (χ1n) is 5.87. The van der Waals surface area contributed by atoms with Crippen LogP contribution in [0.1, 0.15) is 5.56 Å². The minimum Gasteiger partial charge on any atom is -0.318 e. The third-order valence-electron chi connectivity index (χ3n) is 2.53. The van der Waals surface area contributed by atoms with Crippen molar-refractivity contribution in [2.75, 3.05) is 10.6 Å². The van der Waals surface area contributed by atoms with Gasteiger partial charge in [0, 0.05) is 5.69 Å². The van der Waals surface area contributed by atoms with E-state index in [1.54, 1.807) is 54.6 Å². The molecule has 0 spiro atoms. The van der Waals surface area contributed by atoms with E-state index in [1.807, 2.05) is 6.07 Å². The first-order valence-corrected chi connectivity index (χ1v) is 5.87. The Morgan fingerprint density at radius 2 is 1.45 bits per heavy atom. The average molecular weight is 265 g/mol. The first-order chi connectivity index (χ1) is 9.70. The van der Waals surface area contributed by atoms with Crippen LogP contribution in [0.3, 0.4) is 0 Å². The Kier molecular flexibility index (Phi) is 4.10. The van der Waals surface area contributed by atoms with Gasteiger partial charge in [-0.3, -0.25) is 9.59 Å². The van der Waals surface area contributed by atoms with E-state index in [9.17, 15) is 9.59 Å². The summed E-state index contributed by atoms with van der Waals surface area (Å²) in [6.45, 7) is 0. The number of nitrogens with one attached hydrogen (secondary N) is 2. The van der Waals surface area contributed by atoms with Gasteiger partial charge in [-0.15, -0.1) is 0 Å². The van der Waals surface area contributed by atoms with E-state index >= 15 is 0 Å². The van der Waals surface area contributed by atoms with Crippen molar-refractivity contribution in [2.24, 2.45) is 0 Å². The SMILES string of the molecule is N#Cc1ccccc1NC(=O)C(=O)Nc1ccccc1. The Labute approximate surface area is 115 Å². The fraction of sp³-hybridized carbons (Fsp3) is 0. The lowest BCUT2D eigenvalue weighted by molar-refractivity contribution is -0.133. The molecule has 0 aliphatic heterocycles. The highest BCUT2D eigenvalue weighted by Gasteiger charge is 2.15. The highest BCUT2D eigenvalue weighted by molar-refractivity contribution is 6.43. The van der Waals surface area contributed by atoms with Gasteiger partial charge in [-0.05, 0) is 24.3 Å². The summed E-state index contributed by atoms with van der Waals surface area (Å²) in [7, 11) is 0. The Hall–Kier alpha value is -3.13. The number of para-hydroxylation sites is 2. The van der Waals surface area contributed by atoms with Gasteiger partial charge in [-0.2, -0.15) is 5.26 Å². The lowest BCUT2D eigenvalue weighted by Gasteiger charge is -2.07. The van der Waals surface area contributed by atoms with Crippen LogP contribution in [0.25, 0.3) is 0 Å². The molecule has 2 N–H and O–H groups in total. The summed E-state index contributed by atoms with van der Waals surface area (Å²) in [5.74, 6) is -1.61. The number of carbonyl (C=O) groups is 2. The lowest BCUT2D eigenvalue weighted by atomic mass is 10.2. The van der Waals surface area contributed by atoms with Crippen molar-refractivity contribution in [2.45, 2.75) is 0 Å². The predicted octanol–water partition coefficient (Wildman–Crippen LogP) is 2.14. The third kappa shape index (κ3) is 3.21. The maximum atomic E-state index is 11.8. The normalized spacial score (nSPS) is 9.35. The van der Waals surface area contributed by atoms with E-state index < -0.39 is 11.8 Å². The quantitative estimate of drug-likeness (QED) is 0.816. The Morgan fingerprint density at radius 1 is 0.850 bits per heavy atom. The Balaban J connectivity index is 2.05.